The lowest BCUT2D eigenvalue weighted by molar-refractivity contribution is 0.0674. The summed E-state index contributed by atoms with van der Waals surface area (Å²) in [5.74, 6) is -0.668. The molecule has 98 valence electrons. The van der Waals surface area contributed by atoms with E-state index in [-0.39, 0.29) is 17.5 Å². The molecule has 0 N–H and O–H groups in total. The lowest BCUT2D eigenvalue weighted by atomic mass is 10.0. The summed E-state index contributed by atoms with van der Waals surface area (Å²) in [7, 11) is 0. The smallest absolute Gasteiger partial charge is 0.257 e. The molecule has 2 nitrogen and oxygen atoms in total. The molecule has 3 rings (SSSR count). The first-order chi connectivity index (χ1) is 9.18. The quantitative estimate of drug-likeness (QED) is 0.778. The van der Waals surface area contributed by atoms with Crippen molar-refractivity contribution in [3.63, 3.8) is 0 Å². The predicted octanol–water partition coefficient (Wildman–Crippen LogP) is 3.65. The van der Waals surface area contributed by atoms with Crippen LogP contribution in [-0.4, -0.2) is 17.4 Å². The largest absolute Gasteiger partial charge is 0.331 e. The van der Waals surface area contributed by atoms with Gasteiger partial charge in [0.2, 0.25) is 0 Å². The number of hydrogen-bond acceptors (Lipinski definition) is 2. The number of benzene rings is 1. The van der Waals surface area contributed by atoms with Crippen LogP contribution in [0.15, 0.2) is 35.7 Å². The molecule has 19 heavy (non-hydrogen) atoms. The van der Waals surface area contributed by atoms with Crippen LogP contribution in [0.2, 0.25) is 0 Å². The van der Waals surface area contributed by atoms with Crippen LogP contribution < -0.4 is 0 Å². The van der Waals surface area contributed by atoms with Crippen LogP contribution in [0.1, 0.15) is 33.8 Å². The van der Waals surface area contributed by atoms with Gasteiger partial charge in [0.05, 0.1) is 11.6 Å². The summed E-state index contributed by atoms with van der Waals surface area (Å²) in [4.78, 5) is 15.5. The van der Waals surface area contributed by atoms with Crippen LogP contribution in [0.5, 0.6) is 0 Å². The topological polar surface area (TPSA) is 20.3 Å². The Balaban J connectivity index is 1.92. The summed E-state index contributed by atoms with van der Waals surface area (Å²) < 4.78 is 13.7. The molecule has 1 atom stereocenters. The Kier molecular flexibility index (Phi) is 3.11. The minimum absolute atomic E-state index is 0.0158. The van der Waals surface area contributed by atoms with Crippen LogP contribution in [-0.2, 0) is 6.42 Å². The van der Waals surface area contributed by atoms with E-state index < -0.39 is 5.82 Å². The van der Waals surface area contributed by atoms with Crippen molar-refractivity contribution in [2.75, 3.05) is 6.54 Å². The van der Waals surface area contributed by atoms with E-state index in [2.05, 4.69) is 11.4 Å². The molecule has 2 heterocycles. The lowest BCUT2D eigenvalue weighted by Crippen LogP contribution is -2.38. The normalized spacial score (nSPS) is 18.2. The average molecular weight is 275 g/mol. The molecule has 0 spiro atoms. The molecule has 2 aromatic rings. The molecule has 1 aromatic carbocycles. The molecule has 0 bridgehead atoms. The molecule has 1 aliphatic heterocycles. The number of amides is 1. The molecule has 0 saturated carbocycles. The van der Waals surface area contributed by atoms with E-state index >= 15 is 0 Å². The summed E-state index contributed by atoms with van der Waals surface area (Å²) in [6.45, 7) is 2.66. The molecular weight excluding hydrogens is 261 g/mol. The fourth-order valence-corrected chi connectivity index (χ4v) is 3.54. The van der Waals surface area contributed by atoms with Crippen molar-refractivity contribution >= 4 is 17.2 Å². The molecule has 1 amide bonds. The number of halogens is 1. The Bertz CT molecular complexity index is 622. The number of fused-ring (bicyclic) bond motifs is 1. The average Bonchev–Trinajstić information content (AvgIpc) is 2.88. The standard InChI is InChI=1S/C15H14FNOS/c1-10-11-7-9-19-14(11)6-8-17(10)15(18)12-4-2-3-5-13(12)16/h2-5,7,9-10H,6,8H2,1H3. The Morgan fingerprint density at radius 1 is 1.37 bits per heavy atom. The van der Waals surface area contributed by atoms with Crippen molar-refractivity contribution in [3.05, 3.63) is 57.5 Å². The van der Waals surface area contributed by atoms with Gasteiger partial charge in [-0.15, -0.1) is 11.3 Å². The first kappa shape index (κ1) is 12.4. The number of carbonyl (C=O) groups is 1. The maximum absolute atomic E-state index is 13.7. The third-order valence-corrected chi connectivity index (χ3v) is 4.64. The van der Waals surface area contributed by atoms with Crippen molar-refractivity contribution in [1.29, 1.82) is 0 Å². The Labute approximate surface area is 115 Å². The van der Waals surface area contributed by atoms with Crippen molar-refractivity contribution in [1.82, 2.24) is 4.90 Å². The zero-order chi connectivity index (χ0) is 13.4. The Morgan fingerprint density at radius 2 is 2.16 bits per heavy atom. The van der Waals surface area contributed by atoms with Crippen molar-refractivity contribution < 1.29 is 9.18 Å². The van der Waals surface area contributed by atoms with Gasteiger partial charge in [0.25, 0.3) is 5.91 Å². The summed E-state index contributed by atoms with van der Waals surface area (Å²) >= 11 is 1.73. The monoisotopic (exact) mass is 275 g/mol. The molecule has 1 aliphatic rings. The van der Waals surface area contributed by atoms with E-state index in [0.29, 0.717) is 6.54 Å². The van der Waals surface area contributed by atoms with E-state index in [1.807, 2.05) is 6.92 Å². The highest BCUT2D eigenvalue weighted by Gasteiger charge is 2.29. The number of rotatable bonds is 1. The highest BCUT2D eigenvalue weighted by atomic mass is 32.1. The minimum atomic E-state index is -0.448. The van der Waals surface area contributed by atoms with Gasteiger partial charge in [-0.25, -0.2) is 4.39 Å². The zero-order valence-electron chi connectivity index (χ0n) is 10.6. The summed E-state index contributed by atoms with van der Waals surface area (Å²) in [5.41, 5.74) is 1.36. The van der Waals surface area contributed by atoms with Gasteiger partial charge in [0.1, 0.15) is 5.82 Å². The molecule has 4 heteroatoms. The van der Waals surface area contributed by atoms with Crippen molar-refractivity contribution in [2.24, 2.45) is 0 Å². The highest BCUT2D eigenvalue weighted by Crippen LogP contribution is 2.33. The molecule has 0 radical (unpaired) electrons. The van der Waals surface area contributed by atoms with Gasteiger partial charge in [-0.1, -0.05) is 12.1 Å². The van der Waals surface area contributed by atoms with Gasteiger partial charge in [0.15, 0.2) is 0 Å². The van der Waals surface area contributed by atoms with Crippen molar-refractivity contribution in [2.45, 2.75) is 19.4 Å². The zero-order valence-corrected chi connectivity index (χ0v) is 11.4. The minimum Gasteiger partial charge on any atom is -0.331 e. The highest BCUT2D eigenvalue weighted by molar-refractivity contribution is 7.10. The summed E-state index contributed by atoms with van der Waals surface area (Å²) in [5, 5.41) is 2.05. The third-order valence-electron chi connectivity index (χ3n) is 3.64. The number of carbonyl (C=O) groups excluding carboxylic acids is 1. The molecular formula is C15H14FNOS. The van der Waals surface area contributed by atoms with Gasteiger partial charge >= 0.3 is 0 Å². The first-order valence-electron chi connectivity index (χ1n) is 6.30. The van der Waals surface area contributed by atoms with Gasteiger partial charge in [0, 0.05) is 11.4 Å². The number of hydrogen-bond donors (Lipinski definition) is 0. The molecule has 1 unspecified atom stereocenters. The van der Waals surface area contributed by atoms with Crippen molar-refractivity contribution in [3.8, 4) is 0 Å². The molecule has 1 aromatic heterocycles. The fraction of sp³-hybridized carbons (Fsp3) is 0.267. The first-order valence-corrected chi connectivity index (χ1v) is 7.18. The van der Waals surface area contributed by atoms with E-state index in [1.165, 1.54) is 16.5 Å². The summed E-state index contributed by atoms with van der Waals surface area (Å²) in [6.07, 6.45) is 0.859. The van der Waals surface area contributed by atoms with E-state index in [4.69, 9.17) is 0 Å². The molecule has 0 saturated heterocycles. The molecule has 0 fully saturated rings. The van der Waals surface area contributed by atoms with Gasteiger partial charge in [-0.2, -0.15) is 0 Å². The molecule has 0 aliphatic carbocycles. The second-order valence-corrected chi connectivity index (χ2v) is 5.70. The van der Waals surface area contributed by atoms with E-state index in [0.717, 1.165) is 6.42 Å². The van der Waals surface area contributed by atoms with Crippen LogP contribution in [0.3, 0.4) is 0 Å². The van der Waals surface area contributed by atoms with Gasteiger partial charge < -0.3 is 4.90 Å². The summed E-state index contributed by atoms with van der Waals surface area (Å²) in [6, 6.07) is 8.25. The number of thiophene rings is 1. The third kappa shape index (κ3) is 2.06. The lowest BCUT2D eigenvalue weighted by Gasteiger charge is -2.33. The van der Waals surface area contributed by atoms with Gasteiger partial charge in [-0.05, 0) is 42.5 Å². The van der Waals surface area contributed by atoms with E-state index in [1.54, 1.807) is 34.4 Å². The fourth-order valence-electron chi connectivity index (χ4n) is 2.58. The van der Waals surface area contributed by atoms with Crippen LogP contribution in [0.4, 0.5) is 4.39 Å². The SMILES string of the molecule is CC1c2ccsc2CCN1C(=O)c1ccccc1F. The van der Waals surface area contributed by atoms with Gasteiger partial charge in [-0.3, -0.25) is 4.79 Å². The van der Waals surface area contributed by atoms with Crippen LogP contribution >= 0.6 is 11.3 Å². The van der Waals surface area contributed by atoms with Crippen LogP contribution in [0.25, 0.3) is 0 Å². The predicted molar refractivity (Wildman–Crippen MR) is 73.9 cm³/mol. The second kappa shape index (κ2) is 4.78. The van der Waals surface area contributed by atoms with Crippen LogP contribution in [0, 0.1) is 5.82 Å². The Morgan fingerprint density at radius 3 is 2.95 bits per heavy atom. The maximum Gasteiger partial charge on any atom is 0.257 e. The maximum atomic E-state index is 13.7. The Hall–Kier alpha value is -1.68. The van der Waals surface area contributed by atoms with E-state index in [9.17, 15) is 9.18 Å². The second-order valence-electron chi connectivity index (χ2n) is 4.70. The number of nitrogens with zero attached hydrogens (tertiary/aromatic N) is 1.